The van der Waals surface area contributed by atoms with Gasteiger partial charge in [0.2, 0.25) is 23.6 Å². The van der Waals surface area contributed by atoms with Crippen LogP contribution in [0.15, 0.2) is 128 Å². The zero-order valence-electron chi connectivity index (χ0n) is 60.8. The molecule has 7 aliphatic rings. The van der Waals surface area contributed by atoms with Gasteiger partial charge in [-0.3, -0.25) is 33.8 Å². The van der Waals surface area contributed by atoms with Crippen molar-refractivity contribution in [2.45, 2.75) is 189 Å². The molecule has 4 heterocycles. The molecule has 1 aromatic heterocycles. The quantitative estimate of drug-likeness (QED) is 0.0170. The van der Waals surface area contributed by atoms with Gasteiger partial charge in [-0.05, 0) is 152 Å². The molecule has 0 radical (unpaired) electrons. The molecular weight excluding hydrogens is 1410 g/mol. The second-order valence-corrected chi connectivity index (χ2v) is 37.3. The fourth-order valence-corrected chi connectivity index (χ4v) is 19.9. The largest absolute Gasteiger partial charge is 0.501 e. The Morgan fingerprint density at radius 2 is 1.46 bits per heavy atom. The van der Waals surface area contributed by atoms with Crippen LogP contribution in [0.1, 0.15) is 153 Å². The molecule has 12 rings (SSSR count). The topological polar surface area (TPSA) is 251 Å². The molecule has 5 N–H and O–H groups in total. The van der Waals surface area contributed by atoms with Crippen molar-refractivity contribution in [1.29, 1.82) is 0 Å². The van der Waals surface area contributed by atoms with Crippen molar-refractivity contribution in [1.82, 2.24) is 39.9 Å². The standard InChI is InChI=1S/C77H101F3N10O10S4/c1-52-68(102-51-82-52)54-21-19-53(20-22-54)44-81-71(95)64-41-59(91)46-90(64)72(96)69(73(2,3)4)84-66(92)17-13-8-9-14-18-67(93)89-39-33-86(34-40-89)32-30-57(47-101-60-15-11-10-12-16-60)83-63-28-27-61(42-65(63)103(97,98)77(78,79)80)104(99,100)85-70(94)55-23-25-58(26-24-55)88-37-35-87(36-38-88)45-56-29-31-74(5,6)43-62(56)76-48-75(7,49-76)50-76/h10-12,15-16,19-28,42,51,57,59,64,69,83,91H,8-9,13-14,17-18,29-41,43-50H2,1-7H3,(H,81,95)(H,84,92)(H,85,94)/t57-,59-,64+,69-,75?,76?/m1/s1. The Kier molecular flexibility index (Phi) is 24.3. The van der Waals surface area contributed by atoms with Gasteiger partial charge in [-0.25, -0.2) is 26.5 Å². The number of piperazine rings is 2. The summed E-state index contributed by atoms with van der Waals surface area (Å²) in [5, 5.41) is 19.6. The summed E-state index contributed by atoms with van der Waals surface area (Å²) in [6.45, 7) is 21.4. The maximum Gasteiger partial charge on any atom is 0.501 e. The lowest BCUT2D eigenvalue weighted by atomic mass is 9.33. The molecule has 3 saturated carbocycles. The van der Waals surface area contributed by atoms with Crippen molar-refractivity contribution >= 4 is 83.9 Å². The van der Waals surface area contributed by atoms with Crippen LogP contribution < -0.4 is 25.6 Å². The van der Waals surface area contributed by atoms with Gasteiger partial charge in [-0.2, -0.15) is 13.2 Å². The lowest BCUT2D eigenvalue weighted by molar-refractivity contribution is -0.167. The predicted molar refractivity (Wildman–Crippen MR) is 400 cm³/mol. The number of sulfonamides is 1. The lowest BCUT2D eigenvalue weighted by Crippen LogP contribution is -2.61. The molecule has 4 aromatic carbocycles. The van der Waals surface area contributed by atoms with Crippen LogP contribution in [0, 0.1) is 28.6 Å². The van der Waals surface area contributed by atoms with E-state index in [1.807, 2.05) is 87.0 Å². The summed E-state index contributed by atoms with van der Waals surface area (Å²) in [5.41, 5.74) is 3.11. The number of aryl methyl sites for hydroxylation is 1. The Morgan fingerprint density at radius 3 is 2.10 bits per heavy atom. The van der Waals surface area contributed by atoms with Crippen molar-refractivity contribution in [2.24, 2.45) is 21.7 Å². The van der Waals surface area contributed by atoms with Crippen LogP contribution in [0.25, 0.3) is 10.4 Å². The molecule has 3 aliphatic heterocycles. The number of carbonyl (C=O) groups excluding carboxylic acids is 5. The van der Waals surface area contributed by atoms with E-state index < -0.39 is 88.2 Å². The number of rotatable bonds is 29. The van der Waals surface area contributed by atoms with Gasteiger partial charge in [0, 0.05) is 126 Å². The zero-order chi connectivity index (χ0) is 74.6. The SMILES string of the molecule is Cc1ncsc1-c1ccc(CNC(=O)[C@@H]2C[C@@H](O)CN2C(=O)[C@@H](NC(=O)CCCCCCC(=O)N2CCN(CC[C@H](CSc3ccccc3)Nc3ccc(S(=O)(=O)NC(=O)c4ccc(N5CCN(CC6=C(C78CC(C)(C7)C8)CC(C)(C)CC6)CC5)cc4)cc3S(=O)(=O)C(F)(F)F)CC2)C(C)(C)C)cc1. The van der Waals surface area contributed by atoms with Gasteiger partial charge in [-0.1, -0.05) is 108 Å². The van der Waals surface area contributed by atoms with Crippen LogP contribution in [-0.2, 0) is 45.6 Å². The number of aliphatic hydroxyl groups excluding tert-OH is 1. The monoisotopic (exact) mass is 1510 g/mol. The second-order valence-electron chi connectivity index (χ2n) is 31.7. The van der Waals surface area contributed by atoms with Crippen LogP contribution >= 0.6 is 23.1 Å². The number of amides is 5. The van der Waals surface area contributed by atoms with E-state index in [4.69, 9.17) is 0 Å². The minimum atomic E-state index is -6.17. The van der Waals surface area contributed by atoms with Gasteiger partial charge in [0.05, 0.1) is 32.8 Å². The smallest absolute Gasteiger partial charge is 0.391 e. The number of benzene rings is 4. The molecule has 20 nitrogen and oxygen atoms in total. The number of halogens is 3. The molecule has 0 unspecified atom stereocenters. The fourth-order valence-electron chi connectivity index (χ4n) is 16.1. The van der Waals surface area contributed by atoms with E-state index >= 15 is 0 Å². The van der Waals surface area contributed by atoms with E-state index in [2.05, 4.69) is 56.4 Å². The number of nitrogens with zero attached hydrogens (tertiary/aromatic N) is 6. The number of carbonyl (C=O) groups is 5. The molecule has 4 atom stereocenters. The average Bonchev–Trinajstić information content (AvgIpc) is 0.755. The highest BCUT2D eigenvalue weighted by molar-refractivity contribution is 7.99. The van der Waals surface area contributed by atoms with Crippen molar-refractivity contribution in [3.05, 3.63) is 131 Å². The van der Waals surface area contributed by atoms with Crippen molar-refractivity contribution in [3.8, 4) is 10.4 Å². The van der Waals surface area contributed by atoms with Crippen molar-refractivity contribution in [2.75, 3.05) is 88.0 Å². The third-order valence-corrected chi connectivity index (χ3v) is 26.8. The van der Waals surface area contributed by atoms with Crippen molar-refractivity contribution in [3.63, 3.8) is 0 Å². The number of thiazole rings is 1. The molecule has 27 heteroatoms. The first-order valence-electron chi connectivity index (χ1n) is 36.5. The summed E-state index contributed by atoms with van der Waals surface area (Å²) >= 11 is 2.96. The Balaban J connectivity index is 0.629. The second kappa shape index (κ2) is 32.3. The summed E-state index contributed by atoms with van der Waals surface area (Å²) in [6, 6.07) is 23.4. The Bertz CT molecular complexity index is 4150. The number of aromatic nitrogens is 1. The van der Waals surface area contributed by atoms with Crippen LogP contribution in [0.2, 0.25) is 0 Å². The first-order valence-corrected chi connectivity index (χ1v) is 41.3. The maximum absolute atomic E-state index is 14.6. The van der Waals surface area contributed by atoms with Gasteiger partial charge < -0.3 is 35.8 Å². The summed E-state index contributed by atoms with van der Waals surface area (Å²) < 4.78 is 100. The average molecular weight is 1510 g/mol. The number of nitrogens with one attached hydrogen (secondary N) is 4. The lowest BCUT2D eigenvalue weighted by Gasteiger charge is -2.72. The van der Waals surface area contributed by atoms with Crippen molar-refractivity contribution < 1.29 is 59.1 Å². The molecule has 2 bridgehead atoms. The van der Waals surface area contributed by atoms with E-state index in [0.717, 1.165) is 83.6 Å². The zero-order valence-corrected chi connectivity index (χ0v) is 64.1. The number of allylic oxidation sites excluding steroid dienone is 1. The van der Waals surface area contributed by atoms with E-state index in [9.17, 15) is 59.1 Å². The molecular formula is C77H101F3N10O10S4. The summed E-state index contributed by atoms with van der Waals surface area (Å²) in [5.74, 6) is -1.95. The molecule has 4 aliphatic carbocycles. The van der Waals surface area contributed by atoms with E-state index in [1.54, 1.807) is 45.0 Å². The predicted octanol–water partition coefficient (Wildman–Crippen LogP) is 11.6. The number of unbranched alkanes of at least 4 members (excludes halogenated alkanes) is 3. The highest BCUT2D eigenvalue weighted by atomic mass is 32.2. The van der Waals surface area contributed by atoms with Gasteiger partial charge in [0.25, 0.3) is 25.8 Å². The van der Waals surface area contributed by atoms with Crippen LogP contribution in [0.3, 0.4) is 0 Å². The summed E-state index contributed by atoms with van der Waals surface area (Å²) in [7, 11) is -11.1. The highest BCUT2D eigenvalue weighted by Crippen LogP contribution is 2.77. The number of aliphatic hydroxyl groups is 1. The third-order valence-electron chi connectivity index (χ3n) is 21.8. The first kappa shape index (κ1) is 78.2. The Morgan fingerprint density at radius 1 is 0.798 bits per heavy atom. The normalized spacial score (nSPS) is 22.3. The van der Waals surface area contributed by atoms with Gasteiger partial charge in [0.15, 0.2) is 0 Å². The van der Waals surface area contributed by atoms with Crippen LogP contribution in [-0.4, -0.2) is 184 Å². The van der Waals surface area contributed by atoms with Gasteiger partial charge >= 0.3 is 5.51 Å². The van der Waals surface area contributed by atoms with Gasteiger partial charge in [-0.15, -0.1) is 23.1 Å². The number of likely N-dealkylation sites (tertiary alicyclic amines) is 1. The molecule has 0 spiro atoms. The number of hydrogen-bond acceptors (Lipinski definition) is 17. The summed E-state index contributed by atoms with van der Waals surface area (Å²) in [6.07, 6.45) is 9.85. The summed E-state index contributed by atoms with van der Waals surface area (Å²) in [4.78, 5) is 82.4. The number of β-amino-alcohol motifs (C(OH)–C–C–N with tert-alkyl or cyclic N) is 1. The highest BCUT2D eigenvalue weighted by Gasteiger charge is 2.67. The number of anilines is 2. The third kappa shape index (κ3) is 18.9. The number of sulfone groups is 1. The Labute approximate surface area is 619 Å². The number of alkyl halides is 3. The minimum absolute atomic E-state index is 0.0158. The molecule has 5 aromatic rings. The minimum Gasteiger partial charge on any atom is -0.391 e. The number of hydrogen-bond donors (Lipinski definition) is 5. The van der Waals surface area contributed by atoms with Gasteiger partial charge in [0.1, 0.15) is 17.0 Å². The molecule has 564 valence electrons. The van der Waals surface area contributed by atoms with Crippen LogP contribution in [0.5, 0.6) is 0 Å². The van der Waals surface area contributed by atoms with Crippen LogP contribution in [0.4, 0.5) is 24.5 Å². The molecule has 5 amide bonds. The van der Waals surface area contributed by atoms with E-state index in [1.165, 1.54) is 60.9 Å². The fraction of sp³-hybridized carbons (Fsp3) is 0.558. The maximum atomic E-state index is 14.6. The van der Waals surface area contributed by atoms with E-state index in [-0.39, 0.29) is 49.1 Å². The first-order chi connectivity index (χ1) is 49.2. The Hall–Kier alpha value is -6.88. The number of thioether (sulfide) groups is 1. The molecule has 3 saturated heterocycles. The van der Waals surface area contributed by atoms with E-state index in [0.29, 0.717) is 93.6 Å². The molecule has 104 heavy (non-hydrogen) atoms. The molecule has 6 fully saturated rings.